The number of cyclic esters (lactones) is 1. The fraction of sp³-hybridized carbons (Fsp3) is 0.176. The van der Waals surface area contributed by atoms with Crippen molar-refractivity contribution >= 4 is 33.6 Å². The maximum absolute atomic E-state index is 13.0. The number of hydrogen-bond donors (Lipinski definition) is 1. The van der Waals surface area contributed by atoms with E-state index in [9.17, 15) is 14.0 Å². The molecule has 0 radical (unpaired) electrons. The molecule has 0 aromatic heterocycles. The number of anilines is 1. The highest BCUT2D eigenvalue weighted by Gasteiger charge is 2.32. The number of carbonyl (C=O) groups excluding carboxylic acids is 2. The number of ether oxygens (including phenoxy) is 1. The zero-order valence-corrected chi connectivity index (χ0v) is 14.1. The lowest BCUT2D eigenvalue weighted by Crippen LogP contribution is -2.34. The molecule has 1 aliphatic heterocycles. The molecule has 24 heavy (non-hydrogen) atoms. The monoisotopic (exact) mass is 392 g/mol. The number of benzene rings is 2. The summed E-state index contributed by atoms with van der Waals surface area (Å²) in [6.07, 6.45) is -0.976. The van der Waals surface area contributed by atoms with Gasteiger partial charge in [-0.1, -0.05) is 12.1 Å². The first kappa shape index (κ1) is 16.4. The van der Waals surface area contributed by atoms with Crippen molar-refractivity contribution in [1.82, 2.24) is 5.32 Å². The predicted octanol–water partition coefficient (Wildman–Crippen LogP) is 3.34. The first-order valence-electron chi connectivity index (χ1n) is 7.31. The molecule has 0 aliphatic carbocycles. The van der Waals surface area contributed by atoms with Crippen LogP contribution < -0.4 is 10.2 Å². The molecule has 1 N–H and O–H groups in total. The Hall–Kier alpha value is -2.41. The van der Waals surface area contributed by atoms with Crippen LogP contribution in [0.3, 0.4) is 0 Å². The molecular formula is C17H14BrFN2O3. The normalized spacial score (nSPS) is 16.8. The van der Waals surface area contributed by atoms with Crippen molar-refractivity contribution in [2.45, 2.75) is 6.10 Å². The van der Waals surface area contributed by atoms with Gasteiger partial charge in [0.1, 0.15) is 11.9 Å². The summed E-state index contributed by atoms with van der Waals surface area (Å²) in [7, 11) is 0. The number of hydrogen-bond acceptors (Lipinski definition) is 3. The van der Waals surface area contributed by atoms with E-state index < -0.39 is 12.2 Å². The average Bonchev–Trinajstić information content (AvgIpc) is 2.95. The van der Waals surface area contributed by atoms with Gasteiger partial charge in [-0.15, -0.1) is 0 Å². The Morgan fingerprint density at radius 2 is 1.96 bits per heavy atom. The van der Waals surface area contributed by atoms with Crippen molar-refractivity contribution in [3.05, 3.63) is 64.4 Å². The van der Waals surface area contributed by atoms with Gasteiger partial charge in [0.25, 0.3) is 5.91 Å². The third kappa shape index (κ3) is 3.56. The number of amides is 2. The van der Waals surface area contributed by atoms with E-state index >= 15 is 0 Å². The lowest BCUT2D eigenvalue weighted by Gasteiger charge is -2.13. The molecule has 2 aromatic carbocycles. The summed E-state index contributed by atoms with van der Waals surface area (Å²) in [6, 6.07) is 12.7. The van der Waals surface area contributed by atoms with Gasteiger partial charge in [-0.2, -0.15) is 0 Å². The second-order valence-corrected chi connectivity index (χ2v) is 6.14. The maximum atomic E-state index is 13.0. The summed E-state index contributed by atoms with van der Waals surface area (Å²) < 4.78 is 18.9. The van der Waals surface area contributed by atoms with Gasteiger partial charge in [0.15, 0.2) is 0 Å². The molecule has 0 saturated carbocycles. The minimum absolute atomic E-state index is 0.198. The second kappa shape index (κ2) is 7.00. The molecule has 1 saturated heterocycles. The van der Waals surface area contributed by atoms with Crippen LogP contribution in [0, 0.1) is 5.82 Å². The summed E-state index contributed by atoms with van der Waals surface area (Å²) in [5.74, 6) is -0.623. The molecule has 1 heterocycles. The predicted molar refractivity (Wildman–Crippen MR) is 90.5 cm³/mol. The van der Waals surface area contributed by atoms with E-state index in [0.717, 1.165) is 0 Å². The lowest BCUT2D eigenvalue weighted by molar-refractivity contribution is 0.0915. The molecule has 1 fully saturated rings. The molecule has 124 valence electrons. The zero-order chi connectivity index (χ0) is 17.1. The van der Waals surface area contributed by atoms with E-state index in [1.54, 1.807) is 18.2 Å². The average molecular weight is 393 g/mol. The number of nitrogens with zero attached hydrogens (tertiary/aromatic N) is 1. The molecule has 0 spiro atoms. The Morgan fingerprint density at radius 3 is 2.67 bits per heavy atom. The van der Waals surface area contributed by atoms with Crippen molar-refractivity contribution in [2.75, 3.05) is 18.0 Å². The quantitative estimate of drug-likeness (QED) is 0.867. The van der Waals surface area contributed by atoms with Crippen LogP contribution >= 0.6 is 15.9 Å². The van der Waals surface area contributed by atoms with Crippen LogP contribution in [0.1, 0.15) is 10.4 Å². The topological polar surface area (TPSA) is 58.6 Å². The van der Waals surface area contributed by atoms with Gasteiger partial charge in [-0.05, 0) is 52.3 Å². The van der Waals surface area contributed by atoms with Crippen LogP contribution in [-0.2, 0) is 4.74 Å². The molecule has 1 aliphatic rings. The van der Waals surface area contributed by atoms with Crippen LogP contribution in [0.5, 0.6) is 0 Å². The number of halogens is 2. The van der Waals surface area contributed by atoms with Crippen molar-refractivity contribution in [3.63, 3.8) is 0 Å². The molecule has 3 rings (SSSR count). The third-order valence-electron chi connectivity index (χ3n) is 3.62. The summed E-state index contributed by atoms with van der Waals surface area (Å²) in [5.41, 5.74) is 1.07. The number of carbonyl (C=O) groups is 2. The van der Waals surface area contributed by atoms with Crippen LogP contribution in [0.4, 0.5) is 14.9 Å². The standard InChI is InChI=1S/C17H14BrFN2O3/c18-15-4-2-1-3-14(15)16(22)20-9-13-10-21(17(23)24-13)12-7-5-11(19)6-8-12/h1-8,13H,9-10H2,(H,20,22). The first-order chi connectivity index (χ1) is 11.5. The van der Waals surface area contributed by atoms with Gasteiger partial charge in [0.2, 0.25) is 0 Å². The molecule has 2 aromatic rings. The van der Waals surface area contributed by atoms with E-state index in [0.29, 0.717) is 22.3 Å². The Bertz CT molecular complexity index is 767. The fourth-order valence-corrected chi connectivity index (χ4v) is 2.87. The van der Waals surface area contributed by atoms with Crippen molar-refractivity contribution in [1.29, 1.82) is 0 Å². The smallest absolute Gasteiger partial charge is 0.414 e. The van der Waals surface area contributed by atoms with Gasteiger partial charge in [0.05, 0.1) is 18.7 Å². The summed E-state index contributed by atoms with van der Waals surface area (Å²) in [5, 5.41) is 2.75. The highest BCUT2D eigenvalue weighted by atomic mass is 79.9. The Labute approximate surface area is 146 Å². The largest absolute Gasteiger partial charge is 0.442 e. The van der Waals surface area contributed by atoms with Gasteiger partial charge in [-0.3, -0.25) is 9.69 Å². The second-order valence-electron chi connectivity index (χ2n) is 5.28. The van der Waals surface area contributed by atoms with Crippen molar-refractivity contribution < 1.29 is 18.7 Å². The van der Waals surface area contributed by atoms with Crippen molar-refractivity contribution in [2.24, 2.45) is 0 Å². The van der Waals surface area contributed by atoms with E-state index in [1.807, 2.05) is 6.07 Å². The zero-order valence-electron chi connectivity index (χ0n) is 12.5. The number of rotatable bonds is 4. The third-order valence-corrected chi connectivity index (χ3v) is 4.31. The number of nitrogens with one attached hydrogen (secondary N) is 1. The molecule has 5 nitrogen and oxygen atoms in total. The molecule has 1 atom stereocenters. The minimum Gasteiger partial charge on any atom is -0.442 e. The van der Waals surface area contributed by atoms with Gasteiger partial charge < -0.3 is 10.1 Å². The Balaban J connectivity index is 1.59. The fourth-order valence-electron chi connectivity index (χ4n) is 2.41. The SMILES string of the molecule is O=C(NCC1CN(c2ccc(F)cc2)C(=O)O1)c1ccccc1Br. The Kier molecular flexibility index (Phi) is 4.80. The minimum atomic E-state index is -0.512. The first-order valence-corrected chi connectivity index (χ1v) is 8.10. The van der Waals surface area contributed by atoms with E-state index in [-0.39, 0.29) is 18.3 Å². The summed E-state index contributed by atoms with van der Waals surface area (Å²) >= 11 is 3.32. The van der Waals surface area contributed by atoms with Gasteiger partial charge in [-0.25, -0.2) is 9.18 Å². The van der Waals surface area contributed by atoms with E-state index in [4.69, 9.17) is 4.74 Å². The van der Waals surface area contributed by atoms with Crippen LogP contribution in [0.25, 0.3) is 0 Å². The molecule has 0 bridgehead atoms. The van der Waals surface area contributed by atoms with Gasteiger partial charge in [0, 0.05) is 10.2 Å². The molecule has 7 heteroatoms. The summed E-state index contributed by atoms with van der Waals surface area (Å²) in [6.45, 7) is 0.490. The van der Waals surface area contributed by atoms with E-state index in [2.05, 4.69) is 21.2 Å². The van der Waals surface area contributed by atoms with E-state index in [1.165, 1.54) is 29.2 Å². The highest BCUT2D eigenvalue weighted by Crippen LogP contribution is 2.22. The highest BCUT2D eigenvalue weighted by molar-refractivity contribution is 9.10. The lowest BCUT2D eigenvalue weighted by atomic mass is 10.2. The molecule has 1 unspecified atom stereocenters. The maximum Gasteiger partial charge on any atom is 0.414 e. The molecule has 2 amide bonds. The summed E-state index contributed by atoms with van der Waals surface area (Å²) in [4.78, 5) is 25.5. The van der Waals surface area contributed by atoms with Crippen molar-refractivity contribution in [3.8, 4) is 0 Å². The van der Waals surface area contributed by atoms with Crippen LogP contribution in [-0.4, -0.2) is 31.2 Å². The molecular weight excluding hydrogens is 379 g/mol. The van der Waals surface area contributed by atoms with Crippen LogP contribution in [0.2, 0.25) is 0 Å². The van der Waals surface area contributed by atoms with Crippen LogP contribution in [0.15, 0.2) is 53.0 Å². The Morgan fingerprint density at radius 1 is 1.25 bits per heavy atom. The van der Waals surface area contributed by atoms with Gasteiger partial charge >= 0.3 is 6.09 Å².